The predicted molar refractivity (Wildman–Crippen MR) is 74.7 cm³/mol. The Bertz CT molecular complexity index is 898. The van der Waals surface area contributed by atoms with E-state index in [4.69, 9.17) is 15.6 Å². The highest BCUT2D eigenvalue weighted by atomic mass is 16.5. The van der Waals surface area contributed by atoms with Gasteiger partial charge < -0.3 is 15.6 Å². The molecule has 0 fully saturated rings. The number of aromatic carboxylic acids is 1. The zero-order chi connectivity index (χ0) is 15.1. The number of hydrogen-bond donors (Lipinski definition) is 2. The Morgan fingerprint density at radius 1 is 1.38 bits per heavy atom. The molecule has 3 rings (SSSR count). The largest absolute Gasteiger partial charge is 0.495 e. The van der Waals surface area contributed by atoms with Gasteiger partial charge in [0.05, 0.1) is 18.2 Å². The molecule has 1 amide bonds. The molecule has 0 saturated carbocycles. The summed E-state index contributed by atoms with van der Waals surface area (Å²) in [5.74, 6) is -1.31. The highest BCUT2D eigenvalue weighted by molar-refractivity contribution is 6.04. The van der Waals surface area contributed by atoms with Crippen molar-refractivity contribution in [3.63, 3.8) is 0 Å². The molecular weight excluding hydrogens is 274 g/mol. The third kappa shape index (κ3) is 1.86. The van der Waals surface area contributed by atoms with Crippen molar-refractivity contribution in [2.75, 3.05) is 7.11 Å². The van der Waals surface area contributed by atoms with Crippen LogP contribution < -0.4 is 10.5 Å². The summed E-state index contributed by atoms with van der Waals surface area (Å²) in [4.78, 5) is 26.7. The minimum Gasteiger partial charge on any atom is -0.495 e. The Labute approximate surface area is 118 Å². The fourth-order valence-corrected chi connectivity index (χ4v) is 2.32. The molecule has 0 saturated heterocycles. The number of imidazole rings is 1. The van der Waals surface area contributed by atoms with Crippen molar-refractivity contribution in [1.82, 2.24) is 9.38 Å². The van der Waals surface area contributed by atoms with Gasteiger partial charge in [0, 0.05) is 11.6 Å². The summed E-state index contributed by atoms with van der Waals surface area (Å²) >= 11 is 0. The van der Waals surface area contributed by atoms with Crippen molar-refractivity contribution < 1.29 is 19.4 Å². The number of carboxylic acids is 1. The quantitative estimate of drug-likeness (QED) is 0.754. The van der Waals surface area contributed by atoms with Crippen LogP contribution in [0.2, 0.25) is 0 Å². The maximum atomic E-state index is 11.6. The number of rotatable bonds is 3. The monoisotopic (exact) mass is 285 g/mol. The number of nitrogens with zero attached hydrogens (tertiary/aromatic N) is 2. The Kier molecular flexibility index (Phi) is 2.76. The lowest BCUT2D eigenvalue weighted by atomic mass is 10.1. The first-order chi connectivity index (χ1) is 10.0. The Morgan fingerprint density at radius 2 is 2.14 bits per heavy atom. The van der Waals surface area contributed by atoms with Crippen LogP contribution in [-0.2, 0) is 0 Å². The number of ether oxygens (including phenoxy) is 1. The molecule has 106 valence electrons. The maximum absolute atomic E-state index is 11.6. The van der Waals surface area contributed by atoms with E-state index in [9.17, 15) is 9.59 Å². The van der Waals surface area contributed by atoms with Crippen LogP contribution in [0.25, 0.3) is 16.6 Å². The molecule has 0 atom stereocenters. The SMILES string of the molecule is COc1cccc2cc(C(N)=O)c3nc(C(=O)O)cn3c12. The lowest BCUT2D eigenvalue weighted by Crippen LogP contribution is -2.13. The summed E-state index contributed by atoms with van der Waals surface area (Å²) in [6, 6.07) is 6.87. The van der Waals surface area contributed by atoms with Crippen molar-refractivity contribution in [2.45, 2.75) is 0 Å². The Hall–Kier alpha value is -3.09. The fourth-order valence-electron chi connectivity index (χ4n) is 2.32. The molecule has 7 nitrogen and oxygen atoms in total. The van der Waals surface area contributed by atoms with Gasteiger partial charge in [0.25, 0.3) is 5.91 Å². The van der Waals surface area contributed by atoms with Gasteiger partial charge in [-0.3, -0.25) is 9.20 Å². The minimum atomic E-state index is -1.18. The molecule has 0 aliphatic rings. The minimum absolute atomic E-state index is 0.156. The summed E-state index contributed by atoms with van der Waals surface area (Å²) < 4.78 is 6.81. The first-order valence-corrected chi connectivity index (χ1v) is 6.05. The molecule has 21 heavy (non-hydrogen) atoms. The van der Waals surface area contributed by atoms with Gasteiger partial charge in [-0.05, 0) is 12.1 Å². The molecule has 2 heterocycles. The Balaban J connectivity index is 2.55. The smallest absolute Gasteiger partial charge is 0.356 e. The van der Waals surface area contributed by atoms with Crippen LogP contribution in [-0.4, -0.2) is 33.5 Å². The highest BCUT2D eigenvalue weighted by Crippen LogP contribution is 2.28. The molecule has 1 aromatic carbocycles. The molecule has 0 spiro atoms. The molecule has 2 aromatic heterocycles. The average molecular weight is 285 g/mol. The van der Waals surface area contributed by atoms with Crippen LogP contribution in [0.15, 0.2) is 30.5 Å². The topological polar surface area (TPSA) is 107 Å². The number of fused-ring (bicyclic) bond motifs is 3. The maximum Gasteiger partial charge on any atom is 0.356 e. The van der Waals surface area contributed by atoms with E-state index in [1.54, 1.807) is 24.3 Å². The normalized spacial score (nSPS) is 10.9. The number of methoxy groups -OCH3 is 1. The molecule has 0 unspecified atom stereocenters. The summed E-state index contributed by atoms with van der Waals surface area (Å²) in [6.07, 6.45) is 1.34. The summed E-state index contributed by atoms with van der Waals surface area (Å²) in [5.41, 5.74) is 6.16. The summed E-state index contributed by atoms with van der Waals surface area (Å²) in [6.45, 7) is 0. The van der Waals surface area contributed by atoms with Crippen LogP contribution in [0.4, 0.5) is 0 Å². The molecular formula is C14H11N3O4. The van der Waals surface area contributed by atoms with Gasteiger partial charge >= 0.3 is 5.97 Å². The van der Waals surface area contributed by atoms with E-state index in [-0.39, 0.29) is 16.9 Å². The Morgan fingerprint density at radius 3 is 2.76 bits per heavy atom. The molecule has 0 bridgehead atoms. The van der Waals surface area contributed by atoms with E-state index in [1.165, 1.54) is 17.7 Å². The van der Waals surface area contributed by atoms with Gasteiger partial charge in [-0.1, -0.05) is 12.1 Å². The van der Waals surface area contributed by atoms with Crippen molar-refractivity contribution in [1.29, 1.82) is 0 Å². The number of para-hydroxylation sites is 1. The number of aromatic nitrogens is 2. The van der Waals surface area contributed by atoms with Crippen molar-refractivity contribution in [2.24, 2.45) is 5.73 Å². The zero-order valence-corrected chi connectivity index (χ0v) is 11.0. The number of hydrogen-bond acceptors (Lipinski definition) is 4. The number of pyridine rings is 1. The van der Waals surface area contributed by atoms with Gasteiger partial charge in [-0.15, -0.1) is 0 Å². The molecule has 0 aliphatic carbocycles. The number of nitrogens with two attached hydrogens (primary N) is 1. The third-order valence-corrected chi connectivity index (χ3v) is 3.22. The fraction of sp³-hybridized carbons (Fsp3) is 0.0714. The van der Waals surface area contributed by atoms with E-state index >= 15 is 0 Å². The van der Waals surface area contributed by atoms with Crippen LogP contribution >= 0.6 is 0 Å². The third-order valence-electron chi connectivity index (χ3n) is 3.22. The summed E-state index contributed by atoms with van der Waals surface area (Å²) in [5, 5.41) is 9.79. The molecule has 0 aliphatic heterocycles. The predicted octanol–water partition coefficient (Wildman–Crippen LogP) is 1.29. The van der Waals surface area contributed by atoms with Crippen molar-refractivity contribution in [3.05, 3.63) is 41.7 Å². The van der Waals surface area contributed by atoms with E-state index in [2.05, 4.69) is 4.98 Å². The standard InChI is InChI=1S/C14H11N3O4/c1-21-10-4-2-3-7-5-8(12(15)18)13-16-9(14(19)20)6-17(13)11(7)10/h2-6H,1H3,(H2,15,18)(H,19,20). The van der Waals surface area contributed by atoms with E-state index in [0.29, 0.717) is 16.7 Å². The summed E-state index contributed by atoms with van der Waals surface area (Å²) in [7, 11) is 1.51. The number of carboxylic acid groups (broad SMARTS) is 1. The second-order valence-electron chi connectivity index (χ2n) is 4.45. The van der Waals surface area contributed by atoms with E-state index < -0.39 is 11.9 Å². The van der Waals surface area contributed by atoms with Gasteiger partial charge in [0.15, 0.2) is 11.3 Å². The van der Waals surface area contributed by atoms with Crippen LogP contribution in [0.5, 0.6) is 5.75 Å². The van der Waals surface area contributed by atoms with Gasteiger partial charge in [0.1, 0.15) is 5.75 Å². The average Bonchev–Trinajstić information content (AvgIpc) is 2.90. The molecule has 3 aromatic rings. The molecule has 0 radical (unpaired) electrons. The van der Waals surface area contributed by atoms with Gasteiger partial charge in [-0.25, -0.2) is 9.78 Å². The lowest BCUT2D eigenvalue weighted by molar-refractivity contribution is 0.0691. The number of amides is 1. The number of carbonyl (C=O) groups is 2. The van der Waals surface area contributed by atoms with E-state index in [0.717, 1.165) is 0 Å². The van der Waals surface area contributed by atoms with E-state index in [1.807, 2.05) is 0 Å². The number of carbonyl (C=O) groups excluding carboxylic acids is 1. The van der Waals surface area contributed by atoms with Gasteiger partial charge in [0.2, 0.25) is 0 Å². The van der Waals surface area contributed by atoms with Crippen molar-refractivity contribution in [3.8, 4) is 5.75 Å². The second-order valence-corrected chi connectivity index (χ2v) is 4.45. The first kappa shape index (κ1) is 12.9. The zero-order valence-electron chi connectivity index (χ0n) is 11.0. The highest BCUT2D eigenvalue weighted by Gasteiger charge is 2.18. The van der Waals surface area contributed by atoms with Crippen molar-refractivity contribution >= 4 is 28.4 Å². The second kappa shape index (κ2) is 4.48. The van der Waals surface area contributed by atoms with Crippen LogP contribution in [0.1, 0.15) is 20.8 Å². The number of benzene rings is 1. The molecule has 7 heteroatoms. The number of primary amides is 1. The molecule has 3 N–H and O–H groups in total. The van der Waals surface area contributed by atoms with Crippen LogP contribution in [0, 0.1) is 0 Å². The first-order valence-electron chi connectivity index (χ1n) is 6.05. The van der Waals surface area contributed by atoms with Crippen LogP contribution in [0.3, 0.4) is 0 Å². The lowest BCUT2D eigenvalue weighted by Gasteiger charge is -2.09. The van der Waals surface area contributed by atoms with Gasteiger partial charge in [-0.2, -0.15) is 0 Å².